The molecule has 0 spiro atoms. The molecule has 1 unspecified atom stereocenters. The number of hydrogen-bond acceptors (Lipinski definition) is 1. The maximum atomic E-state index is 2.43. The van der Waals surface area contributed by atoms with Gasteiger partial charge >= 0.3 is 0 Å². The highest BCUT2D eigenvalue weighted by Gasteiger charge is 2.27. The van der Waals surface area contributed by atoms with Crippen molar-refractivity contribution in [1.29, 1.82) is 0 Å². The zero-order chi connectivity index (χ0) is 17.9. The van der Waals surface area contributed by atoms with Crippen LogP contribution in [-0.2, 0) is 0 Å². The van der Waals surface area contributed by atoms with Gasteiger partial charge in [0.1, 0.15) is 0 Å². The Balaban J connectivity index is 2.61. The Bertz CT molecular complexity index is 741. The van der Waals surface area contributed by atoms with E-state index in [9.17, 15) is 0 Å². The second-order valence-corrected chi connectivity index (χ2v) is 11.4. The molecule has 0 aliphatic carbocycles. The van der Waals surface area contributed by atoms with Gasteiger partial charge in [-0.3, -0.25) is 0 Å². The van der Waals surface area contributed by atoms with Crippen molar-refractivity contribution in [2.24, 2.45) is 5.41 Å². The lowest BCUT2D eigenvalue weighted by Crippen LogP contribution is -2.18. The van der Waals surface area contributed by atoms with E-state index in [1.807, 2.05) is 11.3 Å². The van der Waals surface area contributed by atoms with E-state index in [1.165, 1.54) is 26.9 Å². The highest BCUT2D eigenvalue weighted by molar-refractivity contribution is 7.57. The Kier molecular flexibility index (Phi) is 6.46. The number of thiophene rings is 1. The minimum Gasteiger partial charge on any atom is -0.135 e. The summed E-state index contributed by atoms with van der Waals surface area (Å²) in [6, 6.07) is 8.82. The SMILES string of the molecule is C/C=C\c1c(/C(=C\C)C(CC(C)(C)C)P(C)C)sc2ccccc12. The molecule has 0 bridgehead atoms. The van der Waals surface area contributed by atoms with Crippen LogP contribution in [0.4, 0.5) is 0 Å². The lowest BCUT2D eigenvalue weighted by Gasteiger charge is -2.31. The highest BCUT2D eigenvalue weighted by atomic mass is 32.1. The van der Waals surface area contributed by atoms with Crippen molar-refractivity contribution >= 4 is 41.0 Å². The number of hydrogen-bond donors (Lipinski definition) is 0. The van der Waals surface area contributed by atoms with Gasteiger partial charge in [-0.15, -0.1) is 19.3 Å². The second kappa shape index (κ2) is 7.98. The lowest BCUT2D eigenvalue weighted by molar-refractivity contribution is 0.387. The summed E-state index contributed by atoms with van der Waals surface area (Å²) in [6.45, 7) is 16.3. The molecular weight excluding hydrogens is 327 g/mol. The van der Waals surface area contributed by atoms with E-state index in [-0.39, 0.29) is 7.92 Å². The van der Waals surface area contributed by atoms with Gasteiger partial charge in [-0.05, 0) is 50.7 Å². The summed E-state index contributed by atoms with van der Waals surface area (Å²) in [5.41, 5.74) is 3.96. The fourth-order valence-electron chi connectivity index (χ4n) is 3.24. The molecule has 0 saturated heterocycles. The smallest absolute Gasteiger partial charge is 0.0390 e. The Labute approximate surface area is 153 Å². The summed E-state index contributed by atoms with van der Waals surface area (Å²) >= 11 is 1.96. The summed E-state index contributed by atoms with van der Waals surface area (Å²) in [5, 5.41) is 1.39. The summed E-state index contributed by atoms with van der Waals surface area (Å²) in [6.07, 6.45) is 8.08. The minimum atomic E-state index is -0.0337. The Morgan fingerprint density at radius 1 is 1.17 bits per heavy atom. The molecule has 0 fully saturated rings. The van der Waals surface area contributed by atoms with Gasteiger partial charge < -0.3 is 0 Å². The van der Waals surface area contributed by atoms with Crippen LogP contribution in [0.15, 0.2) is 36.4 Å². The van der Waals surface area contributed by atoms with Gasteiger partial charge in [-0.2, -0.15) is 0 Å². The molecule has 0 amide bonds. The summed E-state index contributed by atoms with van der Waals surface area (Å²) in [7, 11) is -0.0337. The van der Waals surface area contributed by atoms with Gasteiger partial charge in [0.25, 0.3) is 0 Å². The molecule has 0 saturated carbocycles. The first kappa shape index (κ1) is 19.4. The molecule has 0 aliphatic heterocycles. The molecule has 2 heteroatoms. The average molecular weight is 359 g/mol. The normalized spacial score (nSPS) is 14.9. The quantitative estimate of drug-likeness (QED) is 0.477. The minimum absolute atomic E-state index is 0.0337. The van der Waals surface area contributed by atoms with Gasteiger partial charge in [0.15, 0.2) is 0 Å². The molecule has 130 valence electrons. The van der Waals surface area contributed by atoms with E-state index in [0.29, 0.717) is 11.1 Å². The highest BCUT2D eigenvalue weighted by Crippen LogP contribution is 2.49. The lowest BCUT2D eigenvalue weighted by atomic mass is 9.87. The van der Waals surface area contributed by atoms with E-state index >= 15 is 0 Å². The third kappa shape index (κ3) is 4.38. The van der Waals surface area contributed by atoms with Crippen molar-refractivity contribution in [3.63, 3.8) is 0 Å². The Morgan fingerprint density at radius 3 is 2.38 bits per heavy atom. The third-order valence-electron chi connectivity index (χ3n) is 4.33. The molecule has 0 aliphatic rings. The van der Waals surface area contributed by atoms with Crippen molar-refractivity contribution in [3.05, 3.63) is 46.9 Å². The van der Waals surface area contributed by atoms with Crippen LogP contribution in [0, 0.1) is 5.41 Å². The maximum absolute atomic E-state index is 2.43. The van der Waals surface area contributed by atoms with E-state index in [2.05, 4.69) is 90.4 Å². The van der Waals surface area contributed by atoms with Crippen LogP contribution in [0.1, 0.15) is 51.5 Å². The molecule has 0 N–H and O–H groups in total. The van der Waals surface area contributed by atoms with E-state index < -0.39 is 0 Å². The molecule has 1 aromatic heterocycles. The maximum Gasteiger partial charge on any atom is 0.0390 e. The second-order valence-electron chi connectivity index (χ2n) is 7.83. The number of fused-ring (bicyclic) bond motifs is 1. The van der Waals surface area contributed by atoms with Crippen molar-refractivity contribution in [1.82, 2.24) is 0 Å². The molecule has 0 radical (unpaired) electrons. The van der Waals surface area contributed by atoms with Crippen molar-refractivity contribution in [2.45, 2.75) is 46.7 Å². The predicted molar refractivity (Wildman–Crippen MR) is 117 cm³/mol. The Morgan fingerprint density at radius 2 is 1.83 bits per heavy atom. The van der Waals surface area contributed by atoms with Crippen LogP contribution in [0.5, 0.6) is 0 Å². The number of allylic oxidation sites excluding steroid dienone is 3. The third-order valence-corrected chi connectivity index (χ3v) is 7.27. The van der Waals surface area contributed by atoms with Gasteiger partial charge in [0.05, 0.1) is 0 Å². The van der Waals surface area contributed by atoms with Crippen molar-refractivity contribution in [3.8, 4) is 0 Å². The molecular formula is C22H31PS. The molecule has 1 atom stereocenters. The molecule has 2 aromatic rings. The average Bonchev–Trinajstić information content (AvgIpc) is 2.85. The number of rotatable bonds is 5. The van der Waals surface area contributed by atoms with Crippen molar-refractivity contribution in [2.75, 3.05) is 13.3 Å². The van der Waals surface area contributed by atoms with Gasteiger partial charge in [-0.25, -0.2) is 0 Å². The van der Waals surface area contributed by atoms with Gasteiger partial charge in [-0.1, -0.05) is 57.2 Å². The van der Waals surface area contributed by atoms with Crippen LogP contribution in [0.2, 0.25) is 0 Å². The zero-order valence-corrected chi connectivity index (χ0v) is 17.9. The summed E-state index contributed by atoms with van der Waals surface area (Å²) in [5.74, 6) is 0. The van der Waals surface area contributed by atoms with E-state index in [1.54, 1.807) is 5.57 Å². The first-order valence-electron chi connectivity index (χ1n) is 8.75. The first-order chi connectivity index (χ1) is 11.3. The zero-order valence-electron chi connectivity index (χ0n) is 16.2. The first-order valence-corrected chi connectivity index (χ1v) is 11.9. The van der Waals surface area contributed by atoms with E-state index in [0.717, 1.165) is 0 Å². The fourth-order valence-corrected chi connectivity index (χ4v) is 6.39. The molecule has 1 aromatic carbocycles. The molecule has 24 heavy (non-hydrogen) atoms. The van der Waals surface area contributed by atoms with E-state index in [4.69, 9.17) is 0 Å². The monoisotopic (exact) mass is 358 g/mol. The van der Waals surface area contributed by atoms with Gasteiger partial charge in [0.2, 0.25) is 0 Å². The summed E-state index contributed by atoms with van der Waals surface area (Å²) < 4.78 is 1.39. The largest absolute Gasteiger partial charge is 0.135 e. The van der Waals surface area contributed by atoms with Crippen LogP contribution in [-0.4, -0.2) is 19.0 Å². The van der Waals surface area contributed by atoms with Crippen LogP contribution >= 0.6 is 19.3 Å². The predicted octanol–water partition coefficient (Wildman–Crippen LogP) is 7.88. The van der Waals surface area contributed by atoms with Crippen LogP contribution in [0.3, 0.4) is 0 Å². The topological polar surface area (TPSA) is 0 Å². The van der Waals surface area contributed by atoms with Crippen LogP contribution < -0.4 is 0 Å². The van der Waals surface area contributed by atoms with Gasteiger partial charge in [0, 0.05) is 26.2 Å². The van der Waals surface area contributed by atoms with Crippen LogP contribution in [0.25, 0.3) is 21.7 Å². The molecule has 1 heterocycles. The molecule has 0 nitrogen and oxygen atoms in total. The summed E-state index contributed by atoms with van der Waals surface area (Å²) in [4.78, 5) is 1.47. The fraction of sp³-hybridized carbons (Fsp3) is 0.455. The Hall–Kier alpha value is -0.910. The van der Waals surface area contributed by atoms with Crippen molar-refractivity contribution < 1.29 is 0 Å². The number of benzene rings is 1. The molecule has 2 rings (SSSR count). The standard InChI is InChI=1S/C22H31PS/c1-8-12-18-17-13-10-11-14-20(17)24-21(18)16(9-2)19(23(6)7)15-22(3,4)5/h8-14,19H,15H2,1-7H3/b12-8-,16-9-.